The highest BCUT2D eigenvalue weighted by Gasteiger charge is 2.60. The SMILES string of the molecule is CC(C(=O)NC1C(C)(C)C(N)C1(C)C)c1ccccc1. The summed E-state index contributed by atoms with van der Waals surface area (Å²) in [5.41, 5.74) is 7.16. The van der Waals surface area contributed by atoms with Gasteiger partial charge in [0, 0.05) is 22.9 Å². The minimum absolute atomic E-state index is 0.0600. The van der Waals surface area contributed by atoms with E-state index in [-0.39, 0.29) is 34.7 Å². The van der Waals surface area contributed by atoms with Crippen LogP contribution in [0.3, 0.4) is 0 Å². The number of carbonyl (C=O) groups is 1. The second kappa shape index (κ2) is 4.88. The van der Waals surface area contributed by atoms with E-state index in [2.05, 4.69) is 33.0 Å². The van der Waals surface area contributed by atoms with Gasteiger partial charge in [0.25, 0.3) is 0 Å². The molecule has 0 bridgehead atoms. The van der Waals surface area contributed by atoms with Crippen LogP contribution in [0, 0.1) is 10.8 Å². The molecule has 1 saturated carbocycles. The minimum atomic E-state index is -0.139. The number of carbonyl (C=O) groups excluding carboxylic acids is 1. The van der Waals surface area contributed by atoms with Crippen LogP contribution >= 0.6 is 0 Å². The Bertz CT molecular complexity index is 477. The zero-order chi connectivity index (χ0) is 15.1. The summed E-state index contributed by atoms with van der Waals surface area (Å²) in [6, 6.07) is 10.1. The molecule has 1 aromatic carbocycles. The second-order valence-corrected chi connectivity index (χ2v) is 7.19. The molecule has 1 amide bonds. The van der Waals surface area contributed by atoms with Gasteiger partial charge in [0.2, 0.25) is 5.91 Å². The molecular weight excluding hydrogens is 248 g/mol. The molecule has 0 heterocycles. The predicted octanol–water partition coefficient (Wildman–Crippen LogP) is 2.67. The summed E-state index contributed by atoms with van der Waals surface area (Å²) in [5.74, 6) is -0.0612. The van der Waals surface area contributed by atoms with Gasteiger partial charge in [0.1, 0.15) is 0 Å². The molecule has 3 nitrogen and oxygen atoms in total. The van der Waals surface area contributed by atoms with E-state index in [1.807, 2.05) is 37.3 Å². The van der Waals surface area contributed by atoms with Crippen LogP contribution in [0.25, 0.3) is 0 Å². The average molecular weight is 274 g/mol. The van der Waals surface area contributed by atoms with Crippen LogP contribution in [-0.4, -0.2) is 18.0 Å². The summed E-state index contributed by atoms with van der Waals surface area (Å²) in [4.78, 5) is 12.5. The number of rotatable bonds is 3. The Kier molecular flexibility index (Phi) is 3.67. The number of hydrogen-bond donors (Lipinski definition) is 2. The third-order valence-corrected chi connectivity index (χ3v) is 5.07. The highest BCUT2D eigenvalue weighted by atomic mass is 16.2. The van der Waals surface area contributed by atoms with E-state index in [4.69, 9.17) is 5.73 Å². The fourth-order valence-electron chi connectivity index (χ4n) is 3.71. The summed E-state index contributed by atoms with van der Waals surface area (Å²) in [6.07, 6.45) is 0. The van der Waals surface area contributed by atoms with Crippen molar-refractivity contribution in [2.24, 2.45) is 16.6 Å². The van der Waals surface area contributed by atoms with Crippen molar-refractivity contribution >= 4 is 5.91 Å². The Balaban J connectivity index is 2.09. The van der Waals surface area contributed by atoms with Gasteiger partial charge in [0.15, 0.2) is 0 Å². The molecule has 0 spiro atoms. The van der Waals surface area contributed by atoms with E-state index in [9.17, 15) is 4.79 Å². The molecule has 0 aromatic heterocycles. The first-order chi connectivity index (χ1) is 9.19. The molecule has 1 fully saturated rings. The first kappa shape index (κ1) is 15.0. The molecule has 3 N–H and O–H groups in total. The highest BCUT2D eigenvalue weighted by molar-refractivity contribution is 5.83. The van der Waals surface area contributed by atoms with Crippen molar-refractivity contribution in [2.75, 3.05) is 0 Å². The van der Waals surface area contributed by atoms with Crippen molar-refractivity contribution in [2.45, 2.75) is 52.6 Å². The summed E-state index contributed by atoms with van der Waals surface area (Å²) in [5, 5.41) is 3.21. The van der Waals surface area contributed by atoms with Crippen LogP contribution in [0.2, 0.25) is 0 Å². The van der Waals surface area contributed by atoms with E-state index in [1.165, 1.54) is 0 Å². The lowest BCUT2D eigenvalue weighted by Gasteiger charge is -2.63. The van der Waals surface area contributed by atoms with Crippen molar-refractivity contribution in [3.05, 3.63) is 35.9 Å². The topological polar surface area (TPSA) is 55.1 Å². The lowest BCUT2D eigenvalue weighted by Crippen LogP contribution is -2.76. The van der Waals surface area contributed by atoms with E-state index in [0.29, 0.717) is 0 Å². The van der Waals surface area contributed by atoms with Crippen LogP contribution in [-0.2, 0) is 4.79 Å². The molecule has 3 heteroatoms. The molecule has 20 heavy (non-hydrogen) atoms. The third kappa shape index (κ3) is 2.24. The van der Waals surface area contributed by atoms with Crippen LogP contribution in [0.5, 0.6) is 0 Å². The highest BCUT2D eigenvalue weighted by Crippen LogP contribution is 2.52. The molecule has 1 aliphatic rings. The van der Waals surface area contributed by atoms with E-state index < -0.39 is 0 Å². The first-order valence-corrected chi connectivity index (χ1v) is 7.30. The van der Waals surface area contributed by atoms with Gasteiger partial charge in [-0.3, -0.25) is 4.79 Å². The molecule has 110 valence electrons. The lowest BCUT2D eigenvalue weighted by molar-refractivity contribution is -0.133. The van der Waals surface area contributed by atoms with Gasteiger partial charge in [-0.1, -0.05) is 58.0 Å². The predicted molar refractivity (Wildman–Crippen MR) is 82.3 cm³/mol. The standard InChI is InChI=1S/C17H26N2O/c1-11(12-9-7-6-8-10-12)13(20)19-15-16(2,3)14(18)17(15,4)5/h6-11,14-15H,18H2,1-5H3,(H,19,20). The zero-order valence-electron chi connectivity index (χ0n) is 13.1. The molecule has 1 aliphatic carbocycles. The van der Waals surface area contributed by atoms with E-state index >= 15 is 0 Å². The number of nitrogens with two attached hydrogens (primary N) is 1. The van der Waals surface area contributed by atoms with Crippen LogP contribution in [0.15, 0.2) is 30.3 Å². The largest absolute Gasteiger partial charge is 0.352 e. The molecule has 1 aromatic rings. The van der Waals surface area contributed by atoms with Crippen molar-refractivity contribution in [3.8, 4) is 0 Å². The van der Waals surface area contributed by atoms with Crippen LogP contribution < -0.4 is 11.1 Å². The van der Waals surface area contributed by atoms with E-state index in [0.717, 1.165) is 5.56 Å². The summed E-state index contributed by atoms with van der Waals surface area (Å²) in [7, 11) is 0. The van der Waals surface area contributed by atoms with Crippen LogP contribution in [0.4, 0.5) is 0 Å². The van der Waals surface area contributed by atoms with Crippen molar-refractivity contribution in [1.82, 2.24) is 5.32 Å². The molecule has 0 aliphatic heterocycles. The second-order valence-electron chi connectivity index (χ2n) is 7.19. The zero-order valence-corrected chi connectivity index (χ0v) is 13.1. The maximum absolute atomic E-state index is 12.5. The summed E-state index contributed by atoms with van der Waals surface area (Å²) in [6.45, 7) is 10.5. The van der Waals surface area contributed by atoms with Gasteiger partial charge in [0.05, 0.1) is 5.92 Å². The lowest BCUT2D eigenvalue weighted by atomic mass is 9.48. The molecule has 2 rings (SSSR count). The summed E-state index contributed by atoms with van der Waals surface area (Å²) < 4.78 is 0. The number of amides is 1. The molecule has 1 atom stereocenters. The maximum Gasteiger partial charge on any atom is 0.227 e. The van der Waals surface area contributed by atoms with Crippen molar-refractivity contribution in [3.63, 3.8) is 0 Å². The molecule has 0 radical (unpaired) electrons. The summed E-state index contributed by atoms with van der Waals surface area (Å²) >= 11 is 0. The maximum atomic E-state index is 12.5. The number of nitrogens with one attached hydrogen (secondary N) is 1. The Morgan fingerprint density at radius 1 is 1.15 bits per heavy atom. The number of hydrogen-bond acceptors (Lipinski definition) is 2. The van der Waals surface area contributed by atoms with Gasteiger partial charge in [-0.25, -0.2) is 0 Å². The quantitative estimate of drug-likeness (QED) is 0.890. The normalized spacial score (nSPS) is 28.3. The van der Waals surface area contributed by atoms with Gasteiger partial charge in [-0.2, -0.15) is 0 Å². The van der Waals surface area contributed by atoms with E-state index in [1.54, 1.807) is 0 Å². The van der Waals surface area contributed by atoms with Crippen LogP contribution in [0.1, 0.15) is 46.1 Å². The smallest absolute Gasteiger partial charge is 0.227 e. The number of benzene rings is 1. The van der Waals surface area contributed by atoms with Crippen molar-refractivity contribution < 1.29 is 4.79 Å². The third-order valence-electron chi connectivity index (χ3n) is 5.07. The van der Waals surface area contributed by atoms with Gasteiger partial charge >= 0.3 is 0 Å². The van der Waals surface area contributed by atoms with Gasteiger partial charge < -0.3 is 11.1 Å². The minimum Gasteiger partial charge on any atom is -0.352 e. The molecular formula is C17H26N2O. The van der Waals surface area contributed by atoms with Gasteiger partial charge in [-0.05, 0) is 12.5 Å². The Morgan fingerprint density at radius 3 is 2.15 bits per heavy atom. The molecule has 1 unspecified atom stereocenters. The Hall–Kier alpha value is -1.35. The van der Waals surface area contributed by atoms with Crippen molar-refractivity contribution in [1.29, 1.82) is 0 Å². The monoisotopic (exact) mass is 274 g/mol. The average Bonchev–Trinajstić information content (AvgIpc) is 2.43. The fourth-order valence-corrected chi connectivity index (χ4v) is 3.71. The fraction of sp³-hybridized carbons (Fsp3) is 0.588. The Morgan fingerprint density at radius 2 is 1.65 bits per heavy atom. The first-order valence-electron chi connectivity index (χ1n) is 7.30. The van der Waals surface area contributed by atoms with Gasteiger partial charge in [-0.15, -0.1) is 0 Å². The Labute approximate surface area is 121 Å². The molecule has 0 saturated heterocycles.